The number of likely N-dealkylation sites (N-methyl/N-ethyl adjacent to an activating group) is 1. The smallest absolute Gasteiger partial charge is 0.137 e. The lowest BCUT2D eigenvalue weighted by molar-refractivity contribution is -0.0350. The molecule has 3 aliphatic heterocycles. The number of fused-ring (bicyclic) bond motifs is 2. The van der Waals surface area contributed by atoms with Gasteiger partial charge >= 0.3 is 0 Å². The Balaban J connectivity index is 1.52. The van der Waals surface area contributed by atoms with Gasteiger partial charge in [0.1, 0.15) is 17.5 Å². The van der Waals surface area contributed by atoms with Crippen molar-refractivity contribution >= 4 is 28.8 Å². The van der Waals surface area contributed by atoms with Crippen molar-refractivity contribution in [3.8, 4) is 0 Å². The standard InChI is InChI=1S/C23H31N7O/c1-14(2)23(3,31)19-13-30(9-8-24-19)22-20-15(11-27-29(20)4)10-18(28-22)17-12-26-21-16(17)6-5-7-25-21/h5-7,10-12,14-15,19-20,24,31H,8-9,13H2,1-4H3,(H,25,26)/t15?,19?,20?,23-/m1/s1. The third kappa shape index (κ3) is 3.34. The molecule has 1 saturated heterocycles. The largest absolute Gasteiger partial charge is 0.388 e. The second-order valence-electron chi connectivity index (χ2n) is 9.32. The van der Waals surface area contributed by atoms with Crippen LogP contribution in [0.1, 0.15) is 26.3 Å². The molecule has 31 heavy (non-hydrogen) atoms. The van der Waals surface area contributed by atoms with Crippen molar-refractivity contribution in [1.29, 1.82) is 0 Å². The molecule has 8 heteroatoms. The van der Waals surface area contributed by atoms with Crippen molar-refractivity contribution in [3.63, 3.8) is 0 Å². The number of piperazine rings is 1. The Kier molecular flexibility index (Phi) is 4.86. The maximum Gasteiger partial charge on any atom is 0.137 e. The maximum absolute atomic E-state index is 11.1. The molecule has 0 bridgehead atoms. The fraction of sp³-hybridized carbons (Fsp3) is 0.522. The summed E-state index contributed by atoms with van der Waals surface area (Å²) in [4.78, 5) is 15.2. The molecular formula is C23H31N7O. The van der Waals surface area contributed by atoms with Crippen LogP contribution in [0.2, 0.25) is 0 Å². The van der Waals surface area contributed by atoms with E-state index in [0.29, 0.717) is 6.54 Å². The average molecular weight is 422 g/mol. The Morgan fingerprint density at radius 3 is 2.97 bits per heavy atom. The number of aromatic amines is 1. The lowest BCUT2D eigenvalue weighted by Gasteiger charge is -2.46. The van der Waals surface area contributed by atoms with Crippen LogP contribution in [-0.4, -0.2) is 81.4 Å². The van der Waals surface area contributed by atoms with Gasteiger partial charge < -0.3 is 20.3 Å². The summed E-state index contributed by atoms with van der Waals surface area (Å²) in [6.45, 7) is 8.44. The molecular weight excluding hydrogens is 390 g/mol. The summed E-state index contributed by atoms with van der Waals surface area (Å²) in [7, 11) is 2.01. The SMILES string of the molecule is CC(C)[C@@](C)(O)C1CN(C2=NC(c3c[nH]c4ncccc34)=CC3C=NN(C)C23)CCN1. The van der Waals surface area contributed by atoms with Crippen molar-refractivity contribution in [2.24, 2.45) is 21.9 Å². The number of nitrogens with one attached hydrogen (secondary N) is 2. The Labute approximate surface area is 182 Å². The van der Waals surface area contributed by atoms with E-state index in [-0.39, 0.29) is 23.9 Å². The van der Waals surface area contributed by atoms with Crippen molar-refractivity contribution < 1.29 is 5.11 Å². The summed E-state index contributed by atoms with van der Waals surface area (Å²) < 4.78 is 0. The molecule has 3 N–H and O–H groups in total. The van der Waals surface area contributed by atoms with Gasteiger partial charge in [0, 0.05) is 62.2 Å². The number of hydrazone groups is 1. The first kappa shape index (κ1) is 20.2. The number of aliphatic hydroxyl groups is 1. The normalized spacial score (nSPS) is 28.0. The molecule has 0 radical (unpaired) electrons. The molecule has 2 aromatic heterocycles. The zero-order valence-electron chi connectivity index (χ0n) is 18.6. The number of aromatic nitrogens is 2. The van der Waals surface area contributed by atoms with Gasteiger partial charge in [0.2, 0.25) is 0 Å². The number of hydrogen-bond acceptors (Lipinski definition) is 7. The highest BCUT2D eigenvalue weighted by Crippen LogP contribution is 2.34. The number of pyridine rings is 1. The zero-order valence-corrected chi connectivity index (χ0v) is 18.6. The van der Waals surface area contributed by atoms with E-state index in [1.807, 2.05) is 37.5 Å². The van der Waals surface area contributed by atoms with Gasteiger partial charge in [0.15, 0.2) is 0 Å². The van der Waals surface area contributed by atoms with Crippen LogP contribution >= 0.6 is 0 Å². The van der Waals surface area contributed by atoms with E-state index in [0.717, 1.165) is 41.2 Å². The van der Waals surface area contributed by atoms with Crippen LogP contribution in [0.5, 0.6) is 0 Å². The second kappa shape index (κ2) is 7.46. The van der Waals surface area contributed by atoms with Gasteiger partial charge in [-0.2, -0.15) is 5.10 Å². The highest BCUT2D eigenvalue weighted by atomic mass is 16.3. The van der Waals surface area contributed by atoms with Gasteiger partial charge in [-0.05, 0) is 31.1 Å². The van der Waals surface area contributed by atoms with Gasteiger partial charge in [-0.15, -0.1) is 0 Å². The summed E-state index contributed by atoms with van der Waals surface area (Å²) in [5, 5.41) is 22.3. The average Bonchev–Trinajstić information content (AvgIpc) is 3.37. The van der Waals surface area contributed by atoms with Crippen LogP contribution in [0.15, 0.2) is 40.7 Å². The second-order valence-corrected chi connectivity index (χ2v) is 9.32. The van der Waals surface area contributed by atoms with Gasteiger partial charge in [-0.1, -0.05) is 13.8 Å². The molecule has 0 spiro atoms. The Hall–Kier alpha value is -2.71. The van der Waals surface area contributed by atoms with Crippen molar-refractivity contribution in [2.45, 2.75) is 38.5 Å². The van der Waals surface area contributed by atoms with Gasteiger partial charge in [0.25, 0.3) is 0 Å². The van der Waals surface area contributed by atoms with Crippen LogP contribution in [-0.2, 0) is 0 Å². The molecule has 4 atom stereocenters. The number of nitrogens with zero attached hydrogens (tertiary/aromatic N) is 5. The summed E-state index contributed by atoms with van der Waals surface area (Å²) in [6, 6.07) is 4.08. The summed E-state index contributed by atoms with van der Waals surface area (Å²) in [5.74, 6) is 1.33. The number of rotatable bonds is 3. The minimum absolute atomic E-state index is 0.0262. The summed E-state index contributed by atoms with van der Waals surface area (Å²) in [6.07, 6.45) is 8.00. The molecule has 2 aromatic rings. The van der Waals surface area contributed by atoms with Crippen molar-refractivity contribution in [3.05, 3.63) is 36.2 Å². The van der Waals surface area contributed by atoms with E-state index in [4.69, 9.17) is 4.99 Å². The van der Waals surface area contributed by atoms with Crippen LogP contribution in [0.3, 0.4) is 0 Å². The van der Waals surface area contributed by atoms with Crippen LogP contribution in [0.4, 0.5) is 0 Å². The fourth-order valence-electron chi connectivity index (χ4n) is 4.79. The number of amidine groups is 1. The third-order valence-corrected chi connectivity index (χ3v) is 7.14. The molecule has 0 aliphatic carbocycles. The first-order valence-corrected chi connectivity index (χ1v) is 11.1. The summed E-state index contributed by atoms with van der Waals surface area (Å²) >= 11 is 0. The molecule has 5 rings (SSSR count). The van der Waals surface area contributed by atoms with Gasteiger partial charge in [-0.3, -0.25) is 5.01 Å². The van der Waals surface area contributed by atoms with E-state index < -0.39 is 5.60 Å². The number of aliphatic imine (C=N–C) groups is 1. The van der Waals surface area contributed by atoms with E-state index in [9.17, 15) is 5.11 Å². The molecule has 164 valence electrons. The van der Waals surface area contributed by atoms with E-state index >= 15 is 0 Å². The van der Waals surface area contributed by atoms with Gasteiger partial charge in [-0.25, -0.2) is 9.98 Å². The molecule has 0 saturated carbocycles. The maximum atomic E-state index is 11.1. The number of H-pyrrole nitrogens is 1. The molecule has 1 fully saturated rings. The Morgan fingerprint density at radius 2 is 2.16 bits per heavy atom. The molecule has 5 heterocycles. The van der Waals surface area contributed by atoms with E-state index in [2.05, 4.69) is 51.3 Å². The van der Waals surface area contributed by atoms with Crippen molar-refractivity contribution in [1.82, 2.24) is 25.2 Å². The number of hydrogen-bond donors (Lipinski definition) is 3. The van der Waals surface area contributed by atoms with Crippen LogP contribution < -0.4 is 5.32 Å². The molecule has 0 amide bonds. The van der Waals surface area contributed by atoms with E-state index in [1.54, 1.807) is 6.20 Å². The molecule has 8 nitrogen and oxygen atoms in total. The quantitative estimate of drug-likeness (QED) is 0.704. The summed E-state index contributed by atoms with van der Waals surface area (Å²) in [5.41, 5.74) is 2.07. The van der Waals surface area contributed by atoms with Gasteiger partial charge in [0.05, 0.1) is 17.3 Å². The third-order valence-electron chi connectivity index (χ3n) is 7.14. The van der Waals surface area contributed by atoms with Crippen LogP contribution in [0, 0.1) is 11.8 Å². The van der Waals surface area contributed by atoms with Crippen molar-refractivity contribution in [2.75, 3.05) is 26.7 Å². The Bertz CT molecular complexity index is 1070. The Morgan fingerprint density at radius 1 is 1.32 bits per heavy atom. The fourth-order valence-corrected chi connectivity index (χ4v) is 4.79. The zero-order chi connectivity index (χ0) is 21.8. The molecule has 3 aliphatic rings. The first-order valence-electron chi connectivity index (χ1n) is 11.1. The lowest BCUT2D eigenvalue weighted by Crippen LogP contribution is -2.64. The first-order chi connectivity index (χ1) is 14.9. The minimum atomic E-state index is -0.799. The molecule has 3 unspecified atom stereocenters. The highest BCUT2D eigenvalue weighted by Gasteiger charge is 2.43. The topological polar surface area (TPSA) is 92.1 Å². The highest BCUT2D eigenvalue weighted by molar-refractivity contribution is 6.02. The monoisotopic (exact) mass is 421 g/mol. The predicted octanol–water partition coefficient (Wildman–Crippen LogP) is 1.91. The minimum Gasteiger partial charge on any atom is -0.388 e. The predicted molar refractivity (Wildman–Crippen MR) is 124 cm³/mol. The van der Waals surface area contributed by atoms with Crippen LogP contribution in [0.25, 0.3) is 16.7 Å². The van der Waals surface area contributed by atoms with E-state index in [1.165, 1.54) is 0 Å². The molecule has 0 aromatic carbocycles. The lowest BCUT2D eigenvalue weighted by atomic mass is 9.83.